The van der Waals surface area contributed by atoms with Gasteiger partial charge in [0.05, 0.1) is 0 Å². The van der Waals surface area contributed by atoms with Crippen LogP contribution >= 0.6 is 11.8 Å². The van der Waals surface area contributed by atoms with Crippen molar-refractivity contribution in [1.29, 1.82) is 0 Å². The van der Waals surface area contributed by atoms with E-state index in [1.54, 1.807) is 0 Å². The molecule has 0 amide bonds. The minimum atomic E-state index is 0.795. The van der Waals surface area contributed by atoms with E-state index < -0.39 is 0 Å². The van der Waals surface area contributed by atoms with Crippen LogP contribution in [0.2, 0.25) is 0 Å². The van der Waals surface area contributed by atoms with Crippen LogP contribution in [0.5, 0.6) is 0 Å². The summed E-state index contributed by atoms with van der Waals surface area (Å²) in [5.41, 5.74) is 0. The van der Waals surface area contributed by atoms with E-state index in [4.69, 9.17) is 0 Å². The molecule has 2 unspecified atom stereocenters. The van der Waals surface area contributed by atoms with Crippen LogP contribution in [0, 0.1) is 5.92 Å². The average molecular weight is 286 g/mol. The van der Waals surface area contributed by atoms with Gasteiger partial charge in [0, 0.05) is 11.8 Å². The highest BCUT2D eigenvalue weighted by Gasteiger charge is 2.25. The average Bonchev–Trinajstić information content (AvgIpc) is 2.88. The molecule has 1 saturated heterocycles. The molecule has 0 radical (unpaired) electrons. The van der Waals surface area contributed by atoms with Crippen molar-refractivity contribution in [3.63, 3.8) is 0 Å². The monoisotopic (exact) mass is 285 g/mol. The first-order chi connectivity index (χ1) is 9.38. The molecule has 114 valence electrons. The highest BCUT2D eigenvalue weighted by molar-refractivity contribution is 7.99. The van der Waals surface area contributed by atoms with E-state index in [9.17, 15) is 0 Å². The molecule has 19 heavy (non-hydrogen) atoms. The Kier molecular flexibility index (Phi) is 11.0. The molecule has 1 heterocycles. The van der Waals surface area contributed by atoms with Crippen LogP contribution in [0.1, 0.15) is 77.6 Å². The van der Waals surface area contributed by atoms with Crippen molar-refractivity contribution in [3.8, 4) is 0 Å². The standard InChI is InChI=1S/C17H35NS/c1-3-4-5-6-7-8-9-10-11-12-13-16-14-19-15-17(16)18-2/h16-18H,3-15H2,1-2H3. The molecule has 0 aliphatic carbocycles. The van der Waals surface area contributed by atoms with Crippen molar-refractivity contribution in [2.75, 3.05) is 18.6 Å². The maximum atomic E-state index is 3.48. The van der Waals surface area contributed by atoms with Crippen molar-refractivity contribution in [3.05, 3.63) is 0 Å². The third kappa shape index (κ3) is 8.24. The maximum Gasteiger partial charge on any atom is 0.0191 e. The van der Waals surface area contributed by atoms with Crippen molar-refractivity contribution in [2.24, 2.45) is 5.92 Å². The van der Waals surface area contributed by atoms with Crippen molar-refractivity contribution in [1.82, 2.24) is 5.32 Å². The summed E-state index contributed by atoms with van der Waals surface area (Å²) in [4.78, 5) is 0. The predicted molar refractivity (Wildman–Crippen MR) is 90.1 cm³/mol. The fourth-order valence-corrected chi connectivity index (χ4v) is 4.63. The molecule has 1 N–H and O–H groups in total. The Labute approximate surface area is 125 Å². The minimum absolute atomic E-state index is 0.795. The third-order valence-electron chi connectivity index (χ3n) is 4.50. The number of hydrogen-bond acceptors (Lipinski definition) is 2. The second-order valence-corrected chi connectivity index (χ2v) is 7.24. The van der Waals surface area contributed by atoms with Gasteiger partial charge in [-0.05, 0) is 25.1 Å². The van der Waals surface area contributed by atoms with E-state index in [-0.39, 0.29) is 0 Å². The lowest BCUT2D eigenvalue weighted by atomic mass is 9.96. The Hall–Kier alpha value is 0.310. The number of hydrogen-bond donors (Lipinski definition) is 1. The first kappa shape index (κ1) is 17.4. The van der Waals surface area contributed by atoms with Gasteiger partial charge in [-0.1, -0.05) is 71.1 Å². The van der Waals surface area contributed by atoms with E-state index in [2.05, 4.69) is 31.1 Å². The fourth-order valence-electron chi connectivity index (χ4n) is 3.10. The molecule has 0 aromatic heterocycles. The van der Waals surface area contributed by atoms with Gasteiger partial charge in [0.1, 0.15) is 0 Å². The minimum Gasteiger partial charge on any atom is -0.316 e. The lowest BCUT2D eigenvalue weighted by Crippen LogP contribution is -2.32. The summed E-state index contributed by atoms with van der Waals surface area (Å²) in [6, 6.07) is 0.795. The van der Waals surface area contributed by atoms with Crippen molar-refractivity contribution < 1.29 is 0 Å². The summed E-state index contributed by atoms with van der Waals surface area (Å²) >= 11 is 2.13. The van der Waals surface area contributed by atoms with Crippen LogP contribution in [0.25, 0.3) is 0 Å². The zero-order valence-electron chi connectivity index (χ0n) is 13.3. The quantitative estimate of drug-likeness (QED) is 0.492. The lowest BCUT2D eigenvalue weighted by Gasteiger charge is -2.17. The Bertz CT molecular complexity index is 196. The number of unbranched alkanes of at least 4 members (excludes halogenated alkanes) is 9. The molecule has 1 aliphatic rings. The normalized spacial score (nSPS) is 23.1. The van der Waals surface area contributed by atoms with Gasteiger partial charge < -0.3 is 5.32 Å². The summed E-state index contributed by atoms with van der Waals surface area (Å²) < 4.78 is 0. The lowest BCUT2D eigenvalue weighted by molar-refractivity contribution is 0.407. The van der Waals surface area contributed by atoms with E-state index in [1.807, 2.05) is 0 Å². The van der Waals surface area contributed by atoms with E-state index in [1.165, 1.54) is 82.1 Å². The molecule has 0 saturated carbocycles. The SMILES string of the molecule is CCCCCCCCCCCCC1CSCC1NC. The van der Waals surface area contributed by atoms with E-state index >= 15 is 0 Å². The molecular weight excluding hydrogens is 250 g/mol. The van der Waals surface area contributed by atoms with Gasteiger partial charge in [-0.2, -0.15) is 11.8 Å². The van der Waals surface area contributed by atoms with Crippen LogP contribution in [0.15, 0.2) is 0 Å². The second-order valence-electron chi connectivity index (χ2n) is 6.16. The molecule has 1 rings (SSSR count). The first-order valence-corrected chi connectivity index (χ1v) is 9.79. The Morgan fingerprint density at radius 1 is 0.842 bits per heavy atom. The number of rotatable bonds is 12. The van der Waals surface area contributed by atoms with Crippen LogP contribution in [-0.2, 0) is 0 Å². The molecule has 0 bridgehead atoms. The molecule has 1 fully saturated rings. The van der Waals surface area contributed by atoms with Gasteiger partial charge in [0.15, 0.2) is 0 Å². The van der Waals surface area contributed by atoms with Gasteiger partial charge >= 0.3 is 0 Å². The van der Waals surface area contributed by atoms with Crippen molar-refractivity contribution in [2.45, 2.75) is 83.6 Å². The van der Waals surface area contributed by atoms with Gasteiger partial charge in [-0.25, -0.2) is 0 Å². The van der Waals surface area contributed by atoms with Crippen LogP contribution < -0.4 is 5.32 Å². The van der Waals surface area contributed by atoms with Gasteiger partial charge in [0.2, 0.25) is 0 Å². The molecule has 1 nitrogen and oxygen atoms in total. The van der Waals surface area contributed by atoms with Crippen molar-refractivity contribution >= 4 is 11.8 Å². The van der Waals surface area contributed by atoms with Gasteiger partial charge in [0.25, 0.3) is 0 Å². The first-order valence-electron chi connectivity index (χ1n) is 8.63. The summed E-state index contributed by atoms with van der Waals surface area (Å²) in [5.74, 6) is 3.67. The molecule has 0 aromatic rings. The summed E-state index contributed by atoms with van der Waals surface area (Å²) in [6.07, 6.45) is 16.0. The summed E-state index contributed by atoms with van der Waals surface area (Å²) in [5, 5.41) is 3.48. The molecule has 2 atom stereocenters. The molecule has 0 spiro atoms. The Morgan fingerprint density at radius 3 is 2.00 bits per heavy atom. The fraction of sp³-hybridized carbons (Fsp3) is 1.00. The van der Waals surface area contributed by atoms with Crippen LogP contribution in [0.3, 0.4) is 0 Å². The third-order valence-corrected chi connectivity index (χ3v) is 5.76. The predicted octanol–water partition coefficient (Wildman–Crippen LogP) is 5.25. The van der Waals surface area contributed by atoms with Crippen LogP contribution in [-0.4, -0.2) is 24.6 Å². The van der Waals surface area contributed by atoms with Crippen LogP contribution in [0.4, 0.5) is 0 Å². The number of thioether (sulfide) groups is 1. The topological polar surface area (TPSA) is 12.0 Å². The maximum absolute atomic E-state index is 3.48. The largest absolute Gasteiger partial charge is 0.316 e. The van der Waals surface area contributed by atoms with Gasteiger partial charge in [-0.3, -0.25) is 0 Å². The highest BCUT2D eigenvalue weighted by atomic mass is 32.2. The Balaban J connectivity index is 1.81. The highest BCUT2D eigenvalue weighted by Crippen LogP contribution is 2.28. The zero-order chi connectivity index (χ0) is 13.8. The summed E-state index contributed by atoms with van der Waals surface area (Å²) in [7, 11) is 2.13. The molecular formula is C17H35NS. The number of nitrogens with one attached hydrogen (secondary N) is 1. The Morgan fingerprint density at radius 2 is 1.42 bits per heavy atom. The molecule has 0 aromatic carbocycles. The summed E-state index contributed by atoms with van der Waals surface area (Å²) in [6.45, 7) is 2.29. The second kappa shape index (κ2) is 12.1. The smallest absolute Gasteiger partial charge is 0.0191 e. The zero-order valence-corrected chi connectivity index (χ0v) is 14.1. The molecule has 1 aliphatic heterocycles. The van der Waals surface area contributed by atoms with E-state index in [0.29, 0.717) is 0 Å². The molecule has 2 heteroatoms. The van der Waals surface area contributed by atoms with E-state index in [0.717, 1.165) is 12.0 Å². The van der Waals surface area contributed by atoms with Gasteiger partial charge in [-0.15, -0.1) is 0 Å².